The normalized spacial score (nSPS) is 17.4. The summed E-state index contributed by atoms with van der Waals surface area (Å²) >= 11 is 0. The van der Waals surface area contributed by atoms with Crippen LogP contribution in [0.15, 0.2) is 48.5 Å². The van der Waals surface area contributed by atoms with E-state index in [1.165, 1.54) is 0 Å². The third kappa shape index (κ3) is 2.25. The van der Waals surface area contributed by atoms with Crippen molar-refractivity contribution in [3.05, 3.63) is 59.7 Å². The third-order valence-electron chi connectivity index (χ3n) is 3.40. The highest BCUT2D eigenvalue weighted by atomic mass is 16.5. The molecule has 19 heavy (non-hydrogen) atoms. The molecule has 0 saturated carbocycles. The van der Waals surface area contributed by atoms with Gasteiger partial charge in [0.1, 0.15) is 0 Å². The molecule has 0 amide bonds. The van der Waals surface area contributed by atoms with Gasteiger partial charge in [-0.25, -0.2) is 0 Å². The number of benzene rings is 2. The second-order valence-corrected chi connectivity index (χ2v) is 4.65. The van der Waals surface area contributed by atoms with Crippen LogP contribution in [0.4, 0.5) is 5.69 Å². The standard InChI is InChI=1S/C15H16BNO2/c1-2-17-12-9-7-11(8-10-12)15-13-5-3-4-6-14(13)16(18)19-15/h3-10,15,17-18H,2H2,1H3. The fraction of sp³-hybridized carbons (Fsp3) is 0.200. The van der Waals surface area contributed by atoms with Crippen LogP contribution in [0.3, 0.4) is 0 Å². The molecule has 1 aliphatic heterocycles. The van der Waals surface area contributed by atoms with Gasteiger partial charge in [0.2, 0.25) is 0 Å². The lowest BCUT2D eigenvalue weighted by Gasteiger charge is -2.13. The predicted molar refractivity (Wildman–Crippen MR) is 77.6 cm³/mol. The summed E-state index contributed by atoms with van der Waals surface area (Å²) in [5.74, 6) is 0. The lowest BCUT2D eigenvalue weighted by atomic mass is 9.79. The molecule has 2 aromatic carbocycles. The number of hydrogen-bond acceptors (Lipinski definition) is 3. The summed E-state index contributed by atoms with van der Waals surface area (Å²) in [6.07, 6.45) is -0.179. The third-order valence-corrected chi connectivity index (χ3v) is 3.40. The summed E-state index contributed by atoms with van der Waals surface area (Å²) in [4.78, 5) is 0. The first-order chi connectivity index (χ1) is 9.29. The van der Waals surface area contributed by atoms with Crippen molar-refractivity contribution in [1.82, 2.24) is 0 Å². The second kappa shape index (κ2) is 5.07. The van der Waals surface area contributed by atoms with Gasteiger partial charge in [0, 0.05) is 12.2 Å². The Balaban J connectivity index is 1.91. The maximum atomic E-state index is 9.92. The van der Waals surface area contributed by atoms with Crippen molar-refractivity contribution in [2.45, 2.75) is 13.0 Å². The van der Waals surface area contributed by atoms with Crippen LogP contribution >= 0.6 is 0 Å². The molecule has 0 saturated heterocycles. The lowest BCUT2D eigenvalue weighted by molar-refractivity contribution is 0.226. The van der Waals surface area contributed by atoms with Gasteiger partial charge in [-0.1, -0.05) is 36.4 Å². The van der Waals surface area contributed by atoms with E-state index in [0.717, 1.165) is 28.8 Å². The highest BCUT2D eigenvalue weighted by Crippen LogP contribution is 2.30. The van der Waals surface area contributed by atoms with E-state index in [1.807, 2.05) is 48.5 Å². The van der Waals surface area contributed by atoms with Crippen LogP contribution in [-0.2, 0) is 4.65 Å². The van der Waals surface area contributed by atoms with Crippen molar-refractivity contribution in [1.29, 1.82) is 0 Å². The minimum Gasteiger partial charge on any atom is -0.423 e. The van der Waals surface area contributed by atoms with E-state index < -0.39 is 7.12 Å². The quantitative estimate of drug-likeness (QED) is 0.821. The minimum atomic E-state index is -0.824. The van der Waals surface area contributed by atoms with Gasteiger partial charge in [-0.3, -0.25) is 0 Å². The van der Waals surface area contributed by atoms with Gasteiger partial charge >= 0.3 is 7.12 Å². The predicted octanol–water partition coefficient (Wildman–Crippen LogP) is 1.93. The maximum absolute atomic E-state index is 9.92. The Labute approximate surface area is 113 Å². The first kappa shape index (κ1) is 12.3. The number of fused-ring (bicyclic) bond motifs is 1. The van der Waals surface area contributed by atoms with Gasteiger partial charge in [0.05, 0.1) is 6.10 Å². The average Bonchev–Trinajstić information content (AvgIpc) is 2.78. The van der Waals surface area contributed by atoms with E-state index in [9.17, 15) is 5.02 Å². The average molecular weight is 253 g/mol. The molecule has 3 rings (SSSR count). The highest BCUT2D eigenvalue weighted by molar-refractivity contribution is 6.61. The van der Waals surface area contributed by atoms with Gasteiger partial charge in [-0.2, -0.15) is 0 Å². The molecule has 0 radical (unpaired) electrons. The largest absolute Gasteiger partial charge is 0.492 e. The van der Waals surface area contributed by atoms with E-state index in [4.69, 9.17) is 4.65 Å². The SMILES string of the molecule is CCNc1ccc(C2OB(O)c3ccccc32)cc1. The molecular formula is C15H16BNO2. The van der Waals surface area contributed by atoms with E-state index in [-0.39, 0.29) is 6.10 Å². The summed E-state index contributed by atoms with van der Waals surface area (Å²) in [5.41, 5.74) is 4.07. The van der Waals surface area contributed by atoms with Crippen LogP contribution in [0, 0.1) is 0 Å². The molecule has 1 unspecified atom stereocenters. The topological polar surface area (TPSA) is 41.5 Å². The van der Waals surface area contributed by atoms with E-state index in [1.54, 1.807) is 0 Å². The molecule has 2 aromatic rings. The highest BCUT2D eigenvalue weighted by Gasteiger charge is 2.35. The zero-order valence-electron chi connectivity index (χ0n) is 10.8. The lowest BCUT2D eigenvalue weighted by Crippen LogP contribution is -2.27. The second-order valence-electron chi connectivity index (χ2n) is 4.65. The van der Waals surface area contributed by atoms with Crippen molar-refractivity contribution in [3.63, 3.8) is 0 Å². The van der Waals surface area contributed by atoms with Crippen molar-refractivity contribution in [2.24, 2.45) is 0 Å². The fourth-order valence-corrected chi connectivity index (χ4v) is 2.49. The maximum Gasteiger partial charge on any atom is 0.492 e. The molecule has 96 valence electrons. The fourth-order valence-electron chi connectivity index (χ4n) is 2.49. The summed E-state index contributed by atoms with van der Waals surface area (Å²) in [5, 5.41) is 13.2. The molecule has 0 aliphatic carbocycles. The number of hydrogen-bond donors (Lipinski definition) is 2. The molecule has 0 bridgehead atoms. The Kier molecular flexibility index (Phi) is 3.28. The molecule has 0 aromatic heterocycles. The Morgan fingerprint density at radius 2 is 1.89 bits per heavy atom. The molecule has 1 heterocycles. The molecule has 2 N–H and O–H groups in total. The molecule has 1 atom stereocenters. The van der Waals surface area contributed by atoms with Gasteiger partial charge in [-0.05, 0) is 35.6 Å². The molecule has 4 heteroatoms. The monoisotopic (exact) mass is 253 g/mol. The summed E-state index contributed by atoms with van der Waals surface area (Å²) in [6, 6.07) is 16.0. The molecule has 0 fully saturated rings. The zero-order chi connectivity index (χ0) is 13.2. The van der Waals surface area contributed by atoms with E-state index in [0.29, 0.717) is 0 Å². The van der Waals surface area contributed by atoms with Crippen molar-refractivity contribution >= 4 is 18.3 Å². The smallest absolute Gasteiger partial charge is 0.423 e. The van der Waals surface area contributed by atoms with Crippen molar-refractivity contribution in [2.75, 3.05) is 11.9 Å². The van der Waals surface area contributed by atoms with Crippen LogP contribution in [0.2, 0.25) is 0 Å². The molecule has 0 spiro atoms. The Bertz CT molecular complexity index is 571. The van der Waals surface area contributed by atoms with E-state index in [2.05, 4.69) is 12.2 Å². The summed E-state index contributed by atoms with van der Waals surface area (Å²) in [6.45, 7) is 2.97. The van der Waals surface area contributed by atoms with Gasteiger partial charge in [0.25, 0.3) is 0 Å². The summed E-state index contributed by atoms with van der Waals surface area (Å²) < 4.78 is 5.65. The van der Waals surface area contributed by atoms with Crippen molar-refractivity contribution < 1.29 is 9.68 Å². The number of nitrogens with one attached hydrogen (secondary N) is 1. The Hall–Kier alpha value is -1.78. The van der Waals surface area contributed by atoms with Crippen LogP contribution in [0.5, 0.6) is 0 Å². The van der Waals surface area contributed by atoms with Crippen LogP contribution in [0.25, 0.3) is 0 Å². The van der Waals surface area contributed by atoms with Gasteiger partial charge < -0.3 is 15.0 Å². The summed E-state index contributed by atoms with van der Waals surface area (Å²) in [7, 11) is -0.824. The number of anilines is 1. The Morgan fingerprint density at radius 3 is 2.63 bits per heavy atom. The van der Waals surface area contributed by atoms with Crippen LogP contribution in [-0.4, -0.2) is 18.7 Å². The number of rotatable bonds is 3. The van der Waals surface area contributed by atoms with Gasteiger partial charge in [-0.15, -0.1) is 0 Å². The van der Waals surface area contributed by atoms with Crippen LogP contribution in [0.1, 0.15) is 24.2 Å². The zero-order valence-corrected chi connectivity index (χ0v) is 10.8. The van der Waals surface area contributed by atoms with Crippen molar-refractivity contribution in [3.8, 4) is 0 Å². The molecular weight excluding hydrogens is 237 g/mol. The minimum absolute atomic E-state index is 0.179. The van der Waals surface area contributed by atoms with Crippen LogP contribution < -0.4 is 10.8 Å². The first-order valence-electron chi connectivity index (χ1n) is 6.56. The Morgan fingerprint density at radius 1 is 1.16 bits per heavy atom. The van der Waals surface area contributed by atoms with E-state index >= 15 is 0 Å². The molecule has 1 aliphatic rings. The molecule has 3 nitrogen and oxygen atoms in total. The first-order valence-corrected chi connectivity index (χ1v) is 6.56. The van der Waals surface area contributed by atoms with Gasteiger partial charge in [0.15, 0.2) is 0 Å².